The molecule has 3 heterocycles. The maximum absolute atomic E-state index is 13.0. The van der Waals surface area contributed by atoms with E-state index in [0.29, 0.717) is 16.8 Å². The summed E-state index contributed by atoms with van der Waals surface area (Å²) in [7, 11) is 0. The number of aliphatic hydroxyl groups is 1. The van der Waals surface area contributed by atoms with Gasteiger partial charge in [-0.1, -0.05) is 6.07 Å². The van der Waals surface area contributed by atoms with Gasteiger partial charge in [0, 0.05) is 52.9 Å². The number of fused-ring (bicyclic) bond motifs is 2. The number of aliphatic hydroxyl groups excluding tert-OH is 1. The van der Waals surface area contributed by atoms with Crippen LogP contribution >= 0.6 is 0 Å². The smallest absolute Gasteiger partial charge is 0.255 e. The predicted octanol–water partition coefficient (Wildman–Crippen LogP) is 5.28. The molecule has 1 saturated heterocycles. The molecule has 214 valence electrons. The lowest BCUT2D eigenvalue weighted by Gasteiger charge is -2.31. The molecule has 4 aromatic carbocycles. The second kappa shape index (κ2) is 10.8. The van der Waals surface area contributed by atoms with E-state index in [1.807, 2.05) is 94.3 Å². The lowest BCUT2D eigenvalue weighted by atomic mass is 10.1. The topological polar surface area (TPSA) is 118 Å². The van der Waals surface area contributed by atoms with E-state index in [9.17, 15) is 14.7 Å². The molecular formula is C34H30N6O3. The van der Waals surface area contributed by atoms with E-state index in [2.05, 4.69) is 15.3 Å². The molecule has 9 heteroatoms. The number of carbonyl (C=O) groups is 2. The Bertz CT molecular complexity index is 1970. The van der Waals surface area contributed by atoms with Crippen LogP contribution in [-0.2, 0) is 0 Å². The normalized spacial score (nSPS) is 13.9. The number of rotatable bonds is 6. The fourth-order valence-electron chi connectivity index (χ4n) is 5.73. The van der Waals surface area contributed by atoms with E-state index in [1.165, 1.54) is 0 Å². The van der Waals surface area contributed by atoms with Gasteiger partial charge in [-0.3, -0.25) is 9.59 Å². The van der Waals surface area contributed by atoms with Crippen LogP contribution in [0.1, 0.15) is 33.6 Å². The average molecular weight is 571 g/mol. The van der Waals surface area contributed by atoms with Gasteiger partial charge in [0.05, 0.1) is 29.0 Å². The molecular weight excluding hydrogens is 540 g/mol. The van der Waals surface area contributed by atoms with Crippen LogP contribution in [0, 0.1) is 0 Å². The zero-order valence-electron chi connectivity index (χ0n) is 23.4. The molecule has 0 radical (unpaired) electrons. The fourth-order valence-corrected chi connectivity index (χ4v) is 5.73. The molecule has 0 bridgehead atoms. The molecule has 0 atom stereocenters. The molecule has 43 heavy (non-hydrogen) atoms. The van der Waals surface area contributed by atoms with E-state index in [-0.39, 0.29) is 12.0 Å². The largest absolute Gasteiger partial charge is 0.393 e. The first-order valence-electron chi connectivity index (χ1n) is 14.3. The molecule has 4 N–H and O–H groups in total. The van der Waals surface area contributed by atoms with Crippen molar-refractivity contribution in [1.29, 1.82) is 0 Å². The lowest BCUT2D eigenvalue weighted by molar-refractivity contribution is 0.0997. The highest BCUT2D eigenvalue weighted by atomic mass is 16.3. The zero-order valence-corrected chi connectivity index (χ0v) is 23.4. The van der Waals surface area contributed by atoms with Crippen LogP contribution in [-0.4, -0.2) is 50.5 Å². The van der Waals surface area contributed by atoms with E-state index < -0.39 is 5.91 Å². The van der Waals surface area contributed by atoms with Gasteiger partial charge >= 0.3 is 0 Å². The molecule has 7 rings (SSSR count). The van der Waals surface area contributed by atoms with Crippen molar-refractivity contribution >= 4 is 45.0 Å². The van der Waals surface area contributed by atoms with Crippen LogP contribution in [0.15, 0.2) is 103 Å². The second-order valence-corrected chi connectivity index (χ2v) is 10.9. The second-order valence-electron chi connectivity index (χ2n) is 10.9. The molecule has 0 aliphatic carbocycles. The van der Waals surface area contributed by atoms with Crippen LogP contribution < -0.4 is 16.0 Å². The third-order valence-electron chi connectivity index (χ3n) is 8.14. The number of anilines is 2. The molecule has 1 aliphatic heterocycles. The van der Waals surface area contributed by atoms with Gasteiger partial charge in [-0.15, -0.1) is 0 Å². The first kappa shape index (κ1) is 26.5. The van der Waals surface area contributed by atoms with Crippen LogP contribution in [0.2, 0.25) is 0 Å². The Labute approximate surface area is 247 Å². The van der Waals surface area contributed by atoms with Crippen molar-refractivity contribution in [1.82, 2.24) is 14.3 Å². The summed E-state index contributed by atoms with van der Waals surface area (Å²) in [5.74, 6) is -0.633. The highest BCUT2D eigenvalue weighted by Gasteiger charge is 2.18. The summed E-state index contributed by atoms with van der Waals surface area (Å²) in [5.41, 5.74) is 12.0. The number of benzene rings is 4. The minimum Gasteiger partial charge on any atom is -0.393 e. The number of aromatic nitrogens is 3. The maximum Gasteiger partial charge on any atom is 0.255 e. The first-order valence-corrected chi connectivity index (χ1v) is 14.3. The number of hydrogen-bond donors (Lipinski definition) is 3. The first-order chi connectivity index (χ1) is 20.9. The molecule has 9 nitrogen and oxygen atoms in total. The van der Waals surface area contributed by atoms with Crippen molar-refractivity contribution in [2.45, 2.75) is 18.9 Å². The molecule has 2 amide bonds. The summed E-state index contributed by atoms with van der Waals surface area (Å²) in [6.45, 7) is 1.63. The van der Waals surface area contributed by atoms with Crippen LogP contribution in [0.3, 0.4) is 0 Å². The maximum atomic E-state index is 13.0. The molecule has 0 unspecified atom stereocenters. The highest BCUT2D eigenvalue weighted by molar-refractivity contribution is 6.05. The van der Waals surface area contributed by atoms with Gasteiger partial charge in [0.25, 0.3) is 5.91 Å². The molecule has 0 saturated carbocycles. The van der Waals surface area contributed by atoms with Gasteiger partial charge in [0.2, 0.25) is 5.91 Å². The third kappa shape index (κ3) is 5.11. The van der Waals surface area contributed by atoms with E-state index in [4.69, 9.17) is 5.73 Å². The van der Waals surface area contributed by atoms with Crippen molar-refractivity contribution in [3.63, 3.8) is 0 Å². The Balaban J connectivity index is 1.07. The molecule has 0 spiro atoms. The number of primary amides is 1. The summed E-state index contributed by atoms with van der Waals surface area (Å²) >= 11 is 0. The summed E-state index contributed by atoms with van der Waals surface area (Å²) in [6.07, 6.45) is 5.06. The van der Waals surface area contributed by atoms with E-state index in [1.54, 1.807) is 18.3 Å². The minimum absolute atomic E-state index is 0.177. The van der Waals surface area contributed by atoms with Crippen LogP contribution in [0.25, 0.3) is 33.2 Å². The summed E-state index contributed by atoms with van der Waals surface area (Å²) in [6, 6.07) is 28.8. The summed E-state index contributed by atoms with van der Waals surface area (Å²) in [4.78, 5) is 26.9. The third-order valence-corrected chi connectivity index (χ3v) is 8.14. The zero-order chi connectivity index (χ0) is 29.5. The van der Waals surface area contributed by atoms with Crippen molar-refractivity contribution in [3.05, 3.63) is 115 Å². The van der Waals surface area contributed by atoms with Gasteiger partial charge in [-0.05, 0) is 103 Å². The van der Waals surface area contributed by atoms with Crippen LogP contribution in [0.4, 0.5) is 11.4 Å². The van der Waals surface area contributed by atoms with Crippen molar-refractivity contribution < 1.29 is 14.7 Å². The standard InChI is InChI=1S/C34H30N6O3/c35-33(42)24-2-1-22-13-18-39(32(22)20-24)28-8-10-29(11-9-28)40-31-12-5-26(19-25(31)21-36-40)37-34(43)23-3-6-27(7-4-23)38-16-14-30(41)15-17-38/h1-13,18-21,30,41H,14-17H2,(H2,35,42)(H,37,43). The fraction of sp³-hybridized carbons (Fsp3) is 0.147. The highest BCUT2D eigenvalue weighted by Crippen LogP contribution is 2.26. The molecule has 1 fully saturated rings. The van der Waals surface area contributed by atoms with Gasteiger partial charge < -0.3 is 25.6 Å². The van der Waals surface area contributed by atoms with E-state index in [0.717, 1.165) is 64.8 Å². The van der Waals surface area contributed by atoms with Gasteiger partial charge in [0.15, 0.2) is 0 Å². The van der Waals surface area contributed by atoms with E-state index >= 15 is 0 Å². The number of hydrogen-bond acceptors (Lipinski definition) is 5. The quantitative estimate of drug-likeness (QED) is 0.252. The summed E-state index contributed by atoms with van der Waals surface area (Å²) in [5, 5.41) is 19.3. The Kier molecular flexibility index (Phi) is 6.64. The Morgan fingerprint density at radius 2 is 1.47 bits per heavy atom. The Morgan fingerprint density at radius 3 is 2.21 bits per heavy atom. The van der Waals surface area contributed by atoms with Crippen molar-refractivity contribution in [2.24, 2.45) is 5.73 Å². The van der Waals surface area contributed by atoms with Gasteiger partial charge in [0.1, 0.15) is 0 Å². The van der Waals surface area contributed by atoms with Crippen molar-refractivity contribution in [3.8, 4) is 11.4 Å². The number of piperidine rings is 1. The SMILES string of the molecule is NC(=O)c1ccc2ccn(-c3ccc(-n4ncc5cc(NC(=O)c6ccc(N7CCC(O)CC7)cc6)ccc54)cc3)c2c1. The Hall–Kier alpha value is -5.41. The Morgan fingerprint density at radius 1 is 0.767 bits per heavy atom. The van der Waals surface area contributed by atoms with Crippen molar-refractivity contribution in [2.75, 3.05) is 23.3 Å². The summed E-state index contributed by atoms with van der Waals surface area (Å²) < 4.78 is 3.89. The minimum atomic E-state index is -0.456. The lowest BCUT2D eigenvalue weighted by Crippen LogP contribution is -2.35. The number of nitrogens with zero attached hydrogens (tertiary/aromatic N) is 4. The monoisotopic (exact) mass is 570 g/mol. The van der Waals surface area contributed by atoms with Gasteiger partial charge in [-0.2, -0.15) is 5.10 Å². The number of nitrogens with one attached hydrogen (secondary N) is 1. The molecule has 2 aromatic heterocycles. The van der Waals surface area contributed by atoms with Gasteiger partial charge in [-0.25, -0.2) is 4.68 Å². The molecule has 1 aliphatic rings. The number of nitrogens with two attached hydrogens (primary N) is 1. The average Bonchev–Trinajstić information content (AvgIpc) is 3.65. The van der Waals surface area contributed by atoms with Crippen LogP contribution in [0.5, 0.6) is 0 Å². The predicted molar refractivity (Wildman–Crippen MR) is 168 cm³/mol. The number of amides is 2. The number of carbonyl (C=O) groups excluding carboxylic acids is 2. The molecule has 6 aromatic rings.